The molecule has 1 N–H and O–H groups in total. The Morgan fingerprint density at radius 2 is 2.31 bits per heavy atom. The SMILES string of the molecule is Cc1noc(C)c1CNCCn1ccnc1. The van der Waals surface area contributed by atoms with Crippen LogP contribution in [0.1, 0.15) is 17.0 Å². The van der Waals surface area contributed by atoms with E-state index in [0.717, 1.165) is 36.7 Å². The maximum atomic E-state index is 5.09. The van der Waals surface area contributed by atoms with Crippen molar-refractivity contribution in [3.63, 3.8) is 0 Å². The molecule has 0 unspecified atom stereocenters. The summed E-state index contributed by atoms with van der Waals surface area (Å²) in [6.07, 6.45) is 5.56. The third-order valence-corrected chi connectivity index (χ3v) is 2.59. The van der Waals surface area contributed by atoms with Gasteiger partial charge in [-0.05, 0) is 13.8 Å². The standard InChI is InChI=1S/C11H16N4O/c1-9-11(10(2)16-14-9)7-12-3-5-15-6-4-13-8-15/h4,6,8,12H,3,5,7H2,1-2H3. The molecule has 0 radical (unpaired) electrons. The summed E-state index contributed by atoms with van der Waals surface area (Å²) in [5.74, 6) is 0.896. The summed E-state index contributed by atoms with van der Waals surface area (Å²) in [5, 5.41) is 7.27. The number of rotatable bonds is 5. The first kappa shape index (κ1) is 10.9. The van der Waals surface area contributed by atoms with E-state index in [-0.39, 0.29) is 0 Å². The largest absolute Gasteiger partial charge is 0.361 e. The number of hydrogen-bond acceptors (Lipinski definition) is 4. The number of aromatic nitrogens is 3. The van der Waals surface area contributed by atoms with Crippen molar-refractivity contribution in [2.24, 2.45) is 0 Å². The van der Waals surface area contributed by atoms with Crippen LogP contribution in [0.5, 0.6) is 0 Å². The Morgan fingerprint density at radius 1 is 1.44 bits per heavy atom. The molecule has 0 aromatic carbocycles. The Morgan fingerprint density at radius 3 is 2.94 bits per heavy atom. The van der Waals surface area contributed by atoms with Crippen LogP contribution >= 0.6 is 0 Å². The molecule has 5 heteroatoms. The number of aryl methyl sites for hydroxylation is 2. The van der Waals surface area contributed by atoms with E-state index in [1.165, 1.54) is 0 Å². The lowest BCUT2D eigenvalue weighted by molar-refractivity contribution is 0.391. The van der Waals surface area contributed by atoms with E-state index in [2.05, 4.69) is 15.5 Å². The Kier molecular flexibility index (Phi) is 3.36. The average Bonchev–Trinajstić information content (AvgIpc) is 2.87. The average molecular weight is 220 g/mol. The maximum absolute atomic E-state index is 5.09. The highest BCUT2D eigenvalue weighted by Crippen LogP contribution is 2.11. The van der Waals surface area contributed by atoms with Gasteiger partial charge < -0.3 is 14.4 Å². The first-order chi connectivity index (χ1) is 7.77. The topological polar surface area (TPSA) is 55.9 Å². The molecule has 0 atom stereocenters. The minimum absolute atomic E-state index is 0.801. The van der Waals surface area contributed by atoms with Crippen molar-refractivity contribution < 1.29 is 4.52 Å². The second-order valence-corrected chi connectivity index (χ2v) is 3.78. The second-order valence-electron chi connectivity index (χ2n) is 3.78. The predicted molar refractivity (Wildman–Crippen MR) is 59.9 cm³/mol. The van der Waals surface area contributed by atoms with E-state index in [4.69, 9.17) is 4.52 Å². The summed E-state index contributed by atoms with van der Waals surface area (Å²) in [4.78, 5) is 3.99. The molecular weight excluding hydrogens is 204 g/mol. The Labute approximate surface area is 94.5 Å². The molecule has 2 aromatic rings. The normalized spacial score (nSPS) is 10.9. The first-order valence-corrected chi connectivity index (χ1v) is 5.35. The third kappa shape index (κ3) is 2.49. The van der Waals surface area contributed by atoms with Crippen LogP contribution in [-0.2, 0) is 13.1 Å². The van der Waals surface area contributed by atoms with Gasteiger partial charge in [0.15, 0.2) is 0 Å². The number of nitrogens with one attached hydrogen (secondary N) is 1. The monoisotopic (exact) mass is 220 g/mol. The van der Waals surface area contributed by atoms with Crippen LogP contribution in [0.15, 0.2) is 23.2 Å². The molecule has 0 amide bonds. The summed E-state index contributed by atoms with van der Waals surface area (Å²) in [7, 11) is 0. The fraction of sp³-hybridized carbons (Fsp3) is 0.455. The molecule has 0 spiro atoms. The lowest BCUT2D eigenvalue weighted by atomic mass is 10.2. The van der Waals surface area contributed by atoms with Gasteiger partial charge in [0, 0.05) is 37.6 Å². The molecule has 86 valence electrons. The van der Waals surface area contributed by atoms with Gasteiger partial charge in [-0.3, -0.25) is 0 Å². The zero-order valence-corrected chi connectivity index (χ0v) is 9.60. The van der Waals surface area contributed by atoms with Gasteiger partial charge in [-0.15, -0.1) is 0 Å². The van der Waals surface area contributed by atoms with Crippen LogP contribution in [0, 0.1) is 13.8 Å². The molecule has 5 nitrogen and oxygen atoms in total. The predicted octanol–water partition coefficient (Wildman–Crippen LogP) is 1.28. The van der Waals surface area contributed by atoms with Gasteiger partial charge >= 0.3 is 0 Å². The molecule has 16 heavy (non-hydrogen) atoms. The van der Waals surface area contributed by atoms with Crippen molar-refractivity contribution in [2.75, 3.05) is 6.54 Å². The van der Waals surface area contributed by atoms with Gasteiger partial charge in [0.05, 0.1) is 12.0 Å². The third-order valence-electron chi connectivity index (χ3n) is 2.59. The summed E-state index contributed by atoms with van der Waals surface area (Å²) in [5.41, 5.74) is 2.12. The van der Waals surface area contributed by atoms with Crippen LogP contribution in [0.3, 0.4) is 0 Å². The van der Waals surface area contributed by atoms with Crippen LogP contribution in [-0.4, -0.2) is 21.3 Å². The van der Waals surface area contributed by atoms with Gasteiger partial charge in [0.25, 0.3) is 0 Å². The summed E-state index contributed by atoms with van der Waals surface area (Å²) in [6.45, 7) is 6.52. The highest BCUT2D eigenvalue weighted by Gasteiger charge is 2.07. The molecular formula is C11H16N4O. The van der Waals surface area contributed by atoms with Crippen LogP contribution < -0.4 is 5.32 Å². The molecule has 0 fully saturated rings. The van der Waals surface area contributed by atoms with Gasteiger partial charge in [-0.1, -0.05) is 5.16 Å². The first-order valence-electron chi connectivity index (χ1n) is 5.35. The lowest BCUT2D eigenvalue weighted by Gasteiger charge is -2.04. The van der Waals surface area contributed by atoms with Crippen molar-refractivity contribution in [1.82, 2.24) is 20.0 Å². The smallest absolute Gasteiger partial charge is 0.138 e. The summed E-state index contributed by atoms with van der Waals surface area (Å²) < 4.78 is 7.14. The van der Waals surface area contributed by atoms with E-state index >= 15 is 0 Å². The van der Waals surface area contributed by atoms with Crippen molar-refractivity contribution in [1.29, 1.82) is 0 Å². The van der Waals surface area contributed by atoms with E-state index < -0.39 is 0 Å². The summed E-state index contributed by atoms with van der Waals surface area (Å²) in [6, 6.07) is 0. The molecule has 0 saturated carbocycles. The number of hydrogen-bond donors (Lipinski definition) is 1. The Balaban J connectivity index is 1.76. The van der Waals surface area contributed by atoms with E-state index in [9.17, 15) is 0 Å². The van der Waals surface area contributed by atoms with Gasteiger partial charge in [-0.25, -0.2) is 4.98 Å². The Hall–Kier alpha value is -1.62. The molecule has 0 aliphatic carbocycles. The van der Waals surface area contributed by atoms with Crippen LogP contribution in [0.25, 0.3) is 0 Å². The molecule has 2 rings (SSSR count). The minimum Gasteiger partial charge on any atom is -0.361 e. The molecule has 2 aromatic heterocycles. The van der Waals surface area contributed by atoms with Crippen molar-refractivity contribution in [3.05, 3.63) is 35.7 Å². The molecule has 0 aliphatic rings. The lowest BCUT2D eigenvalue weighted by Crippen LogP contribution is -2.19. The quantitative estimate of drug-likeness (QED) is 0.771. The Bertz CT molecular complexity index is 413. The second kappa shape index (κ2) is 4.94. The maximum Gasteiger partial charge on any atom is 0.138 e. The highest BCUT2D eigenvalue weighted by molar-refractivity contribution is 5.20. The number of nitrogens with zero attached hydrogens (tertiary/aromatic N) is 3. The van der Waals surface area contributed by atoms with Crippen molar-refractivity contribution >= 4 is 0 Å². The fourth-order valence-corrected chi connectivity index (χ4v) is 1.59. The van der Waals surface area contributed by atoms with E-state index in [1.807, 2.05) is 30.9 Å². The van der Waals surface area contributed by atoms with E-state index in [0.29, 0.717) is 0 Å². The zero-order chi connectivity index (χ0) is 11.4. The van der Waals surface area contributed by atoms with Gasteiger partial charge in [0.1, 0.15) is 5.76 Å². The fourth-order valence-electron chi connectivity index (χ4n) is 1.59. The molecule has 0 saturated heterocycles. The van der Waals surface area contributed by atoms with Gasteiger partial charge in [-0.2, -0.15) is 0 Å². The van der Waals surface area contributed by atoms with E-state index in [1.54, 1.807) is 6.20 Å². The molecule has 0 bridgehead atoms. The van der Waals surface area contributed by atoms with Crippen molar-refractivity contribution in [3.8, 4) is 0 Å². The number of imidazole rings is 1. The zero-order valence-electron chi connectivity index (χ0n) is 9.60. The summed E-state index contributed by atoms with van der Waals surface area (Å²) >= 11 is 0. The molecule has 0 aliphatic heterocycles. The van der Waals surface area contributed by atoms with Crippen LogP contribution in [0.4, 0.5) is 0 Å². The highest BCUT2D eigenvalue weighted by atomic mass is 16.5. The van der Waals surface area contributed by atoms with Crippen molar-refractivity contribution in [2.45, 2.75) is 26.9 Å². The van der Waals surface area contributed by atoms with Gasteiger partial charge in [0.2, 0.25) is 0 Å². The molecule has 2 heterocycles. The minimum atomic E-state index is 0.801. The van der Waals surface area contributed by atoms with Crippen LogP contribution in [0.2, 0.25) is 0 Å².